The zero-order chi connectivity index (χ0) is 76.9. The lowest BCUT2D eigenvalue weighted by Gasteiger charge is -2.41. The SMILES string of the molecule is CC=CCC(C)C(O)C1C(=O)NC(CC)C(=O)N(C)C(C)C(=O)N(C)C(C(C)COCC(=O)N2CCN(C3CCOCC3)CC2)C(=O)NC(C(C)C)C(=O)N(C)C(CC(C)C)C(=O)NC(C)C(=O)NC(C)C(=O)N(C)C(CC(C)C)C(=O)N(C)C(CC(C)C)C(=O)N(C)C(C(C)C)C(=O)N1C. The van der Waals surface area contributed by atoms with E-state index in [-0.39, 0.29) is 69.0 Å². The molecule has 3 aliphatic heterocycles. The number of amides is 12. The summed E-state index contributed by atoms with van der Waals surface area (Å²) in [4.78, 5) is 190. The standard InChI is InChI=1S/C73H129N13O15/c1-25-27-28-47(13)62(88)61-66(92)76-53(26-2)69(95)78(18)51(17)68(94)83(23)60(48(14)40-101-41-57(87)86-33-31-85(32-34-86)52-29-35-100-36-30-52)65(91)77-58(45(9)10)72(98)79(19)54(37-42(3)4)64(90)74-49(15)63(89)75-50(16)67(93)80(20)55(38-43(5)6)70(96)81(21)56(39-44(7)8)71(97)82(22)59(46(11)12)73(99)84(61)24/h25,27,42-56,58-62,88H,26,28-41H2,1-24H3,(H,74,90)(H,75,89)(H,76,92)(H,77,91). The van der Waals surface area contributed by atoms with E-state index in [2.05, 4.69) is 26.2 Å². The number of carbonyl (C=O) groups is 12. The average molecular weight is 1430 g/mol. The summed E-state index contributed by atoms with van der Waals surface area (Å²) in [5, 5.41) is 23.3. The molecule has 576 valence electrons. The number of ether oxygens (including phenoxy) is 2. The molecule has 0 saturated carbocycles. The summed E-state index contributed by atoms with van der Waals surface area (Å²) in [6.45, 7) is 32.3. The molecule has 0 aromatic heterocycles. The van der Waals surface area contributed by atoms with Crippen molar-refractivity contribution in [3.63, 3.8) is 0 Å². The van der Waals surface area contributed by atoms with Gasteiger partial charge in [0.05, 0.1) is 12.7 Å². The number of hydrogen-bond donors (Lipinski definition) is 5. The van der Waals surface area contributed by atoms with Crippen LogP contribution in [0.4, 0.5) is 0 Å². The molecule has 14 atom stereocenters. The molecule has 0 aromatic rings. The van der Waals surface area contributed by atoms with Gasteiger partial charge in [0.15, 0.2) is 0 Å². The minimum atomic E-state index is -1.66. The van der Waals surface area contributed by atoms with Gasteiger partial charge >= 0.3 is 0 Å². The second-order valence-electron chi connectivity index (χ2n) is 30.5. The van der Waals surface area contributed by atoms with E-state index in [9.17, 15) is 29.1 Å². The number of likely N-dealkylation sites (N-methyl/N-ethyl adjacent to an activating group) is 7. The fourth-order valence-electron chi connectivity index (χ4n) is 13.7. The van der Waals surface area contributed by atoms with Gasteiger partial charge in [0, 0.05) is 101 Å². The highest BCUT2D eigenvalue weighted by atomic mass is 16.5. The molecule has 101 heavy (non-hydrogen) atoms. The molecule has 3 aliphatic rings. The maximum absolute atomic E-state index is 15.3. The van der Waals surface area contributed by atoms with Crippen LogP contribution in [0.25, 0.3) is 0 Å². The zero-order valence-corrected chi connectivity index (χ0v) is 65.5. The van der Waals surface area contributed by atoms with E-state index in [1.165, 1.54) is 89.7 Å². The third kappa shape index (κ3) is 24.1. The molecule has 3 rings (SSSR count). The summed E-state index contributed by atoms with van der Waals surface area (Å²) in [6, 6.07) is -14.1. The first kappa shape index (κ1) is 88.4. The minimum Gasteiger partial charge on any atom is -0.390 e. The summed E-state index contributed by atoms with van der Waals surface area (Å²) < 4.78 is 11.6. The van der Waals surface area contributed by atoms with Crippen molar-refractivity contribution >= 4 is 70.9 Å². The lowest BCUT2D eigenvalue weighted by molar-refractivity contribution is -0.157. The van der Waals surface area contributed by atoms with E-state index in [0.717, 1.165) is 27.5 Å². The normalized spacial score (nSPS) is 27.7. The predicted octanol–water partition coefficient (Wildman–Crippen LogP) is 2.59. The molecular formula is C73H129N13O15. The molecule has 0 aromatic carbocycles. The summed E-state index contributed by atoms with van der Waals surface area (Å²) >= 11 is 0. The van der Waals surface area contributed by atoms with Gasteiger partial charge in [0.1, 0.15) is 73.1 Å². The Bertz CT molecular complexity index is 2820. The van der Waals surface area contributed by atoms with Gasteiger partial charge in [-0.25, -0.2) is 0 Å². The Balaban J connectivity index is 2.29. The van der Waals surface area contributed by atoms with Crippen molar-refractivity contribution in [2.24, 2.45) is 41.4 Å². The minimum absolute atomic E-state index is 0.0346. The van der Waals surface area contributed by atoms with Gasteiger partial charge in [-0.3, -0.25) is 62.4 Å². The molecule has 5 N–H and O–H groups in total. The molecule has 28 nitrogen and oxygen atoms in total. The second-order valence-corrected chi connectivity index (χ2v) is 30.5. The van der Waals surface area contributed by atoms with Crippen LogP contribution in [0.3, 0.4) is 0 Å². The van der Waals surface area contributed by atoms with E-state index in [1.807, 2.05) is 41.5 Å². The van der Waals surface area contributed by atoms with Crippen molar-refractivity contribution in [3.05, 3.63) is 12.2 Å². The molecule has 28 heteroatoms. The monoisotopic (exact) mass is 1430 g/mol. The molecule has 0 aliphatic carbocycles. The van der Waals surface area contributed by atoms with Gasteiger partial charge in [-0.2, -0.15) is 0 Å². The molecule has 0 bridgehead atoms. The van der Waals surface area contributed by atoms with E-state index in [0.29, 0.717) is 45.4 Å². The van der Waals surface area contributed by atoms with Crippen molar-refractivity contribution in [1.82, 2.24) is 65.4 Å². The van der Waals surface area contributed by atoms with Crippen LogP contribution in [0, 0.1) is 41.4 Å². The molecule has 3 heterocycles. The first-order valence-corrected chi connectivity index (χ1v) is 36.6. The van der Waals surface area contributed by atoms with Crippen LogP contribution in [-0.2, 0) is 67.0 Å². The quantitative estimate of drug-likeness (QED) is 0.116. The molecule has 3 saturated heterocycles. The van der Waals surface area contributed by atoms with Gasteiger partial charge in [0.2, 0.25) is 70.9 Å². The number of piperazine rings is 1. The van der Waals surface area contributed by atoms with Crippen molar-refractivity contribution in [2.75, 3.05) is 102 Å². The third-order valence-corrected chi connectivity index (χ3v) is 20.3. The maximum atomic E-state index is 15.3. The number of aliphatic hydroxyl groups excluding tert-OH is 1. The smallest absolute Gasteiger partial charge is 0.248 e. The topological polar surface area (TPSA) is 321 Å². The van der Waals surface area contributed by atoms with E-state index in [4.69, 9.17) is 9.47 Å². The highest BCUT2D eigenvalue weighted by Gasteiger charge is 2.47. The zero-order valence-electron chi connectivity index (χ0n) is 65.5. The fourth-order valence-corrected chi connectivity index (χ4v) is 13.7. The highest BCUT2D eigenvalue weighted by molar-refractivity contribution is 6.00. The van der Waals surface area contributed by atoms with E-state index >= 15 is 33.6 Å². The summed E-state index contributed by atoms with van der Waals surface area (Å²) in [6.07, 6.45) is 4.49. The van der Waals surface area contributed by atoms with Crippen LogP contribution in [-0.4, -0.2) is 301 Å². The molecule has 14 unspecified atom stereocenters. The molecule has 0 radical (unpaired) electrons. The number of rotatable bonds is 19. The van der Waals surface area contributed by atoms with Gasteiger partial charge < -0.3 is 75.0 Å². The summed E-state index contributed by atoms with van der Waals surface area (Å²) in [7, 11) is 9.81. The average Bonchev–Trinajstić information content (AvgIpc) is 0.804. The van der Waals surface area contributed by atoms with Gasteiger partial charge in [-0.05, 0) is 108 Å². The Labute approximate surface area is 602 Å². The molecular weight excluding hydrogens is 1300 g/mol. The van der Waals surface area contributed by atoms with Crippen molar-refractivity contribution < 1.29 is 72.1 Å². The number of hydrogen-bond acceptors (Lipinski definition) is 16. The number of allylic oxidation sites excluding steroid dienone is 2. The van der Waals surface area contributed by atoms with Crippen LogP contribution < -0.4 is 21.3 Å². The van der Waals surface area contributed by atoms with Crippen LogP contribution in [0.15, 0.2) is 12.2 Å². The Hall–Kier alpha value is -6.78. The highest BCUT2D eigenvalue weighted by Crippen LogP contribution is 2.27. The largest absolute Gasteiger partial charge is 0.390 e. The van der Waals surface area contributed by atoms with E-state index < -0.39 is 161 Å². The molecule has 3 fully saturated rings. The van der Waals surface area contributed by atoms with Crippen LogP contribution in [0.5, 0.6) is 0 Å². The summed E-state index contributed by atoms with van der Waals surface area (Å²) in [5.41, 5.74) is 0. The van der Waals surface area contributed by atoms with Crippen LogP contribution in [0.1, 0.15) is 163 Å². The maximum Gasteiger partial charge on any atom is 0.248 e. The van der Waals surface area contributed by atoms with Crippen LogP contribution in [0.2, 0.25) is 0 Å². The van der Waals surface area contributed by atoms with Gasteiger partial charge in [0.25, 0.3) is 0 Å². The summed E-state index contributed by atoms with van der Waals surface area (Å²) in [5.74, 6) is -11.5. The Morgan fingerprint density at radius 3 is 1.50 bits per heavy atom. The van der Waals surface area contributed by atoms with Crippen molar-refractivity contribution in [3.8, 4) is 0 Å². The lowest BCUT2D eigenvalue weighted by atomic mass is 9.91. The fraction of sp³-hybridized carbons (Fsp3) is 0.808. The van der Waals surface area contributed by atoms with Crippen molar-refractivity contribution in [2.45, 2.75) is 241 Å². The predicted molar refractivity (Wildman–Crippen MR) is 386 cm³/mol. The van der Waals surface area contributed by atoms with Crippen molar-refractivity contribution in [1.29, 1.82) is 0 Å². The number of aliphatic hydroxyl groups is 1. The second kappa shape index (κ2) is 40.9. The Morgan fingerprint density at radius 1 is 0.525 bits per heavy atom. The first-order chi connectivity index (χ1) is 47.1. The third-order valence-electron chi connectivity index (χ3n) is 20.3. The first-order valence-electron chi connectivity index (χ1n) is 36.6. The van der Waals surface area contributed by atoms with E-state index in [1.54, 1.807) is 72.4 Å². The lowest BCUT2D eigenvalue weighted by Crippen LogP contribution is -2.64. The van der Waals surface area contributed by atoms with Gasteiger partial charge in [-0.15, -0.1) is 0 Å². The number of carbonyl (C=O) groups excluding carboxylic acids is 12. The molecule has 12 amide bonds. The Kier molecular flexibility index (Phi) is 35.8. The Morgan fingerprint density at radius 2 is 1.00 bits per heavy atom. The van der Waals surface area contributed by atoms with Crippen LogP contribution >= 0.6 is 0 Å². The molecule has 0 spiro atoms. The van der Waals surface area contributed by atoms with Gasteiger partial charge in [-0.1, -0.05) is 102 Å². The number of nitrogens with zero attached hydrogens (tertiary/aromatic N) is 9. The number of nitrogens with one attached hydrogen (secondary N) is 4.